The molecule has 0 aliphatic heterocycles. The molecule has 1 atom stereocenters. The summed E-state index contributed by atoms with van der Waals surface area (Å²) in [5.41, 5.74) is 0. The third-order valence-electron chi connectivity index (χ3n) is 9.84. The molecule has 0 aromatic rings. The van der Waals surface area contributed by atoms with Crippen LogP contribution >= 0.6 is 0 Å². The first-order chi connectivity index (χ1) is 26.5. The molecule has 0 radical (unpaired) electrons. The molecule has 0 aromatic carbocycles. The van der Waals surface area contributed by atoms with Crippen molar-refractivity contribution in [2.45, 2.75) is 239 Å². The number of esters is 3. The second kappa shape index (κ2) is 43.4. The van der Waals surface area contributed by atoms with Crippen molar-refractivity contribution >= 4 is 17.9 Å². The second-order valence-corrected chi connectivity index (χ2v) is 15.3. The topological polar surface area (TPSA) is 78.9 Å². The average molecular weight is 759 g/mol. The normalized spacial score (nSPS) is 12.3. The molecule has 0 bridgehead atoms. The van der Waals surface area contributed by atoms with E-state index in [0.717, 1.165) is 83.5 Å². The molecule has 0 saturated heterocycles. The monoisotopic (exact) mass is 759 g/mol. The maximum atomic E-state index is 12.7. The van der Waals surface area contributed by atoms with Crippen molar-refractivity contribution in [3.05, 3.63) is 36.5 Å². The van der Waals surface area contributed by atoms with Gasteiger partial charge in [0.25, 0.3) is 0 Å². The molecule has 0 N–H and O–H groups in total. The smallest absolute Gasteiger partial charge is 0.306 e. The van der Waals surface area contributed by atoms with E-state index in [9.17, 15) is 14.4 Å². The summed E-state index contributed by atoms with van der Waals surface area (Å²) in [6.07, 6.45) is 48.3. The van der Waals surface area contributed by atoms with E-state index in [0.29, 0.717) is 19.3 Å². The van der Waals surface area contributed by atoms with Gasteiger partial charge in [-0.3, -0.25) is 14.4 Å². The summed E-state index contributed by atoms with van der Waals surface area (Å²) in [5.74, 6) is -0.909. The molecule has 0 spiro atoms. The van der Waals surface area contributed by atoms with E-state index < -0.39 is 6.10 Å². The Morgan fingerprint density at radius 2 is 0.630 bits per heavy atom. The highest BCUT2D eigenvalue weighted by molar-refractivity contribution is 5.71. The fourth-order valence-corrected chi connectivity index (χ4v) is 6.29. The van der Waals surface area contributed by atoms with Crippen LogP contribution in [0.2, 0.25) is 0 Å². The van der Waals surface area contributed by atoms with E-state index in [1.54, 1.807) is 0 Å². The van der Waals surface area contributed by atoms with Gasteiger partial charge in [-0.25, -0.2) is 0 Å². The molecule has 314 valence electrons. The summed E-state index contributed by atoms with van der Waals surface area (Å²) in [6, 6.07) is 0. The number of carbonyl (C=O) groups is 3. The first-order valence-corrected chi connectivity index (χ1v) is 23.0. The molecule has 0 saturated carbocycles. The largest absolute Gasteiger partial charge is 0.462 e. The molecule has 0 aliphatic carbocycles. The fourth-order valence-electron chi connectivity index (χ4n) is 6.29. The zero-order chi connectivity index (χ0) is 39.4. The minimum Gasteiger partial charge on any atom is -0.462 e. The van der Waals surface area contributed by atoms with Crippen LogP contribution in [0.25, 0.3) is 0 Å². The number of carbonyl (C=O) groups excluding carboxylic acids is 3. The van der Waals surface area contributed by atoms with Gasteiger partial charge in [-0.05, 0) is 89.9 Å². The third kappa shape index (κ3) is 40.8. The summed E-state index contributed by atoms with van der Waals surface area (Å²) in [4.78, 5) is 37.7. The average Bonchev–Trinajstić information content (AvgIpc) is 3.17. The number of allylic oxidation sites excluding steroid dienone is 6. The van der Waals surface area contributed by atoms with Crippen molar-refractivity contribution in [1.82, 2.24) is 0 Å². The standard InChI is InChI=1S/C48H86O6/c1-4-7-10-13-16-19-22-24-27-29-32-35-38-41-47(50)53-44-45(43-52-46(49)40-37-34-31-28-25-21-18-15-12-9-6-3)54-48(51)42-39-36-33-30-26-23-20-17-14-11-8-5-2/h15,17-20,22,45H,4-14,16,21,23-44H2,1-3H3/b18-15-,20-17-,22-19-. The quantitative estimate of drug-likeness (QED) is 0.0267. The molecular weight excluding hydrogens is 673 g/mol. The van der Waals surface area contributed by atoms with Crippen molar-refractivity contribution in [1.29, 1.82) is 0 Å². The molecule has 6 nitrogen and oxygen atoms in total. The summed E-state index contributed by atoms with van der Waals surface area (Å²) >= 11 is 0. The molecule has 6 heteroatoms. The first-order valence-electron chi connectivity index (χ1n) is 23.0. The van der Waals surface area contributed by atoms with Crippen LogP contribution in [-0.4, -0.2) is 37.2 Å². The van der Waals surface area contributed by atoms with Gasteiger partial charge >= 0.3 is 17.9 Å². The zero-order valence-corrected chi connectivity index (χ0v) is 35.7. The molecule has 1 unspecified atom stereocenters. The van der Waals surface area contributed by atoms with Gasteiger partial charge < -0.3 is 14.2 Å². The molecule has 0 heterocycles. The maximum Gasteiger partial charge on any atom is 0.306 e. The van der Waals surface area contributed by atoms with E-state index in [4.69, 9.17) is 14.2 Å². The van der Waals surface area contributed by atoms with Crippen molar-refractivity contribution in [2.75, 3.05) is 13.2 Å². The first kappa shape index (κ1) is 51.6. The highest BCUT2D eigenvalue weighted by atomic mass is 16.6. The summed E-state index contributed by atoms with van der Waals surface area (Å²) in [6.45, 7) is 6.53. The van der Waals surface area contributed by atoms with Crippen LogP contribution in [-0.2, 0) is 28.6 Å². The van der Waals surface area contributed by atoms with Crippen LogP contribution in [0.5, 0.6) is 0 Å². The lowest BCUT2D eigenvalue weighted by molar-refractivity contribution is -0.167. The van der Waals surface area contributed by atoms with Gasteiger partial charge in [0.15, 0.2) is 6.10 Å². The summed E-state index contributed by atoms with van der Waals surface area (Å²) < 4.78 is 16.7. The van der Waals surface area contributed by atoms with E-state index in [1.165, 1.54) is 109 Å². The minimum atomic E-state index is -0.778. The Hall–Kier alpha value is -2.37. The van der Waals surface area contributed by atoms with Gasteiger partial charge in [0.05, 0.1) is 0 Å². The Morgan fingerprint density at radius 3 is 1.02 bits per heavy atom. The Labute approximate surface area is 334 Å². The van der Waals surface area contributed by atoms with Crippen LogP contribution in [0.3, 0.4) is 0 Å². The molecule has 0 aromatic heterocycles. The van der Waals surface area contributed by atoms with Gasteiger partial charge in [0.1, 0.15) is 13.2 Å². The van der Waals surface area contributed by atoms with E-state index in [-0.39, 0.29) is 31.1 Å². The van der Waals surface area contributed by atoms with Crippen LogP contribution < -0.4 is 0 Å². The number of unbranched alkanes of at least 4 members (excludes halogenated alkanes) is 24. The van der Waals surface area contributed by atoms with Crippen molar-refractivity contribution in [2.24, 2.45) is 0 Å². The highest BCUT2D eigenvalue weighted by Crippen LogP contribution is 2.13. The van der Waals surface area contributed by atoms with Crippen molar-refractivity contribution in [3.8, 4) is 0 Å². The molecule has 0 rings (SSSR count). The van der Waals surface area contributed by atoms with Crippen molar-refractivity contribution in [3.63, 3.8) is 0 Å². The molecule has 0 aliphatic rings. The Morgan fingerprint density at radius 1 is 0.352 bits per heavy atom. The summed E-state index contributed by atoms with van der Waals surface area (Å²) in [7, 11) is 0. The lowest BCUT2D eigenvalue weighted by Gasteiger charge is -2.18. The molecular formula is C48H86O6. The van der Waals surface area contributed by atoms with Crippen LogP contribution in [0, 0.1) is 0 Å². The van der Waals surface area contributed by atoms with Gasteiger partial charge in [0, 0.05) is 19.3 Å². The SMILES string of the molecule is CCCC/C=C\CCCCCCCC(=O)OCC(COC(=O)CCCCCCC/C=C\CCCCCC)OC(=O)CCCCCCC/C=C\CCCCC. The number of ether oxygens (including phenoxy) is 3. The van der Waals surface area contributed by atoms with E-state index >= 15 is 0 Å². The summed E-state index contributed by atoms with van der Waals surface area (Å²) in [5, 5.41) is 0. The highest BCUT2D eigenvalue weighted by Gasteiger charge is 2.19. The van der Waals surface area contributed by atoms with E-state index in [1.807, 2.05) is 0 Å². The second-order valence-electron chi connectivity index (χ2n) is 15.3. The van der Waals surface area contributed by atoms with Gasteiger partial charge in [-0.2, -0.15) is 0 Å². The molecule has 54 heavy (non-hydrogen) atoms. The minimum absolute atomic E-state index is 0.0819. The molecule has 0 fully saturated rings. The van der Waals surface area contributed by atoms with Crippen LogP contribution in [0.15, 0.2) is 36.5 Å². The van der Waals surface area contributed by atoms with Crippen molar-refractivity contribution < 1.29 is 28.6 Å². The lowest BCUT2D eigenvalue weighted by Crippen LogP contribution is -2.30. The van der Waals surface area contributed by atoms with Gasteiger partial charge in [-0.1, -0.05) is 160 Å². The third-order valence-corrected chi connectivity index (χ3v) is 9.84. The zero-order valence-electron chi connectivity index (χ0n) is 35.7. The van der Waals surface area contributed by atoms with Crippen LogP contribution in [0.4, 0.5) is 0 Å². The van der Waals surface area contributed by atoms with Gasteiger partial charge in [0.2, 0.25) is 0 Å². The number of hydrogen-bond acceptors (Lipinski definition) is 6. The number of rotatable bonds is 41. The Bertz CT molecular complexity index is 922. The predicted octanol–water partition coefficient (Wildman–Crippen LogP) is 14.6. The maximum absolute atomic E-state index is 12.7. The van der Waals surface area contributed by atoms with E-state index in [2.05, 4.69) is 57.2 Å². The lowest BCUT2D eigenvalue weighted by atomic mass is 10.1. The Kier molecular flexibility index (Phi) is 41.5. The van der Waals surface area contributed by atoms with Crippen LogP contribution in [0.1, 0.15) is 233 Å². The number of hydrogen-bond donors (Lipinski definition) is 0. The molecule has 0 amide bonds. The Balaban J connectivity index is 4.40. The predicted molar refractivity (Wildman–Crippen MR) is 229 cm³/mol. The van der Waals surface area contributed by atoms with Gasteiger partial charge in [-0.15, -0.1) is 0 Å². The fraction of sp³-hybridized carbons (Fsp3) is 0.812.